The van der Waals surface area contributed by atoms with E-state index in [1.807, 2.05) is 18.4 Å². The van der Waals surface area contributed by atoms with Crippen molar-refractivity contribution in [2.24, 2.45) is 5.92 Å². The van der Waals surface area contributed by atoms with Crippen molar-refractivity contribution in [1.82, 2.24) is 25.4 Å². The molecule has 1 aromatic carbocycles. The van der Waals surface area contributed by atoms with Crippen molar-refractivity contribution in [3.05, 3.63) is 53.3 Å². The third-order valence-electron chi connectivity index (χ3n) is 5.71. The summed E-state index contributed by atoms with van der Waals surface area (Å²) in [5.41, 5.74) is 0.411. The van der Waals surface area contributed by atoms with Gasteiger partial charge in [0.15, 0.2) is 11.0 Å². The number of nitrogens with one attached hydrogen (secondary N) is 2. The third-order valence-corrected chi connectivity index (χ3v) is 7.01. The summed E-state index contributed by atoms with van der Waals surface area (Å²) in [7, 11) is 0. The van der Waals surface area contributed by atoms with Crippen LogP contribution in [0.3, 0.4) is 0 Å². The molecular formula is C24H32ClN5O2S. The summed E-state index contributed by atoms with van der Waals surface area (Å²) in [4.78, 5) is 25.4. The van der Waals surface area contributed by atoms with Gasteiger partial charge in [-0.2, -0.15) is 0 Å². The van der Waals surface area contributed by atoms with Gasteiger partial charge in [-0.15, -0.1) is 16.8 Å². The average molecular weight is 490 g/mol. The monoisotopic (exact) mass is 489 g/mol. The van der Waals surface area contributed by atoms with Gasteiger partial charge in [0.25, 0.3) is 5.91 Å². The molecule has 1 aliphatic carbocycles. The highest BCUT2D eigenvalue weighted by atomic mass is 35.5. The number of aromatic nitrogens is 3. The van der Waals surface area contributed by atoms with E-state index in [4.69, 9.17) is 11.6 Å². The molecule has 0 aliphatic heterocycles. The van der Waals surface area contributed by atoms with Gasteiger partial charge in [0, 0.05) is 12.6 Å². The first-order valence-corrected chi connectivity index (χ1v) is 12.8. The number of carbonyl (C=O) groups is 2. The Morgan fingerprint density at radius 3 is 2.64 bits per heavy atom. The Morgan fingerprint density at radius 2 is 1.97 bits per heavy atom. The van der Waals surface area contributed by atoms with Crippen molar-refractivity contribution in [2.45, 2.75) is 69.7 Å². The summed E-state index contributed by atoms with van der Waals surface area (Å²) in [5.74, 6) is 0.684. The molecular weight excluding hydrogens is 458 g/mol. The van der Waals surface area contributed by atoms with Gasteiger partial charge in [-0.3, -0.25) is 9.59 Å². The van der Waals surface area contributed by atoms with Crippen molar-refractivity contribution in [2.75, 3.05) is 5.75 Å². The topological polar surface area (TPSA) is 88.9 Å². The first-order valence-electron chi connectivity index (χ1n) is 11.4. The van der Waals surface area contributed by atoms with Crippen LogP contribution in [0, 0.1) is 5.92 Å². The molecule has 1 aromatic heterocycles. The van der Waals surface area contributed by atoms with Crippen LogP contribution in [-0.2, 0) is 11.3 Å². The molecule has 2 N–H and O–H groups in total. The lowest BCUT2D eigenvalue weighted by molar-refractivity contribution is -0.119. The molecule has 3 rings (SSSR count). The van der Waals surface area contributed by atoms with Crippen molar-refractivity contribution in [1.29, 1.82) is 0 Å². The second kappa shape index (κ2) is 12.2. The number of hydrogen-bond donors (Lipinski definition) is 2. The second-order valence-electron chi connectivity index (χ2n) is 8.61. The van der Waals surface area contributed by atoms with Crippen LogP contribution in [0.15, 0.2) is 42.1 Å². The third kappa shape index (κ3) is 6.84. The SMILES string of the molecule is C=CCn1c(SCC(=O)NC2CCCCC2)nnc1[C@@H](NC(=O)c1ccccc1Cl)C(C)C. The van der Waals surface area contributed by atoms with Gasteiger partial charge in [-0.25, -0.2) is 0 Å². The van der Waals surface area contributed by atoms with Gasteiger partial charge in [-0.1, -0.05) is 74.7 Å². The Morgan fingerprint density at radius 1 is 1.24 bits per heavy atom. The van der Waals surface area contributed by atoms with Crippen LogP contribution in [-0.4, -0.2) is 38.4 Å². The van der Waals surface area contributed by atoms with E-state index < -0.39 is 0 Å². The summed E-state index contributed by atoms with van der Waals surface area (Å²) >= 11 is 7.55. The minimum atomic E-state index is -0.383. The fourth-order valence-electron chi connectivity index (χ4n) is 3.98. The van der Waals surface area contributed by atoms with E-state index in [0.29, 0.717) is 28.1 Å². The van der Waals surface area contributed by atoms with E-state index in [2.05, 4.69) is 27.4 Å². The van der Waals surface area contributed by atoms with Crippen molar-refractivity contribution < 1.29 is 9.59 Å². The molecule has 1 saturated carbocycles. The number of carbonyl (C=O) groups excluding carboxylic acids is 2. The molecule has 0 unspecified atom stereocenters. The van der Waals surface area contributed by atoms with Gasteiger partial charge in [0.2, 0.25) is 5.91 Å². The number of rotatable bonds is 10. The van der Waals surface area contributed by atoms with Gasteiger partial charge in [0.05, 0.1) is 22.4 Å². The maximum atomic E-state index is 12.9. The molecule has 0 spiro atoms. The molecule has 1 heterocycles. The molecule has 2 aromatic rings. The largest absolute Gasteiger partial charge is 0.353 e. The number of halogens is 1. The summed E-state index contributed by atoms with van der Waals surface area (Å²) in [6, 6.07) is 6.83. The molecule has 178 valence electrons. The summed E-state index contributed by atoms with van der Waals surface area (Å²) in [6.45, 7) is 8.33. The maximum Gasteiger partial charge on any atom is 0.253 e. The Balaban J connectivity index is 1.72. The lowest BCUT2D eigenvalue weighted by atomic mass is 9.95. The predicted octanol–water partition coefficient (Wildman–Crippen LogP) is 4.79. The van der Waals surface area contributed by atoms with Crippen LogP contribution in [0.5, 0.6) is 0 Å². The maximum absolute atomic E-state index is 12.9. The quantitative estimate of drug-likeness (QED) is 0.370. The van der Waals surface area contributed by atoms with Crippen LogP contribution >= 0.6 is 23.4 Å². The number of allylic oxidation sites excluding steroid dienone is 1. The Kier molecular flexibility index (Phi) is 9.38. The van der Waals surface area contributed by atoms with Crippen LogP contribution in [0.25, 0.3) is 0 Å². The van der Waals surface area contributed by atoms with E-state index in [1.54, 1.807) is 30.3 Å². The minimum Gasteiger partial charge on any atom is -0.353 e. The highest BCUT2D eigenvalue weighted by Gasteiger charge is 2.27. The molecule has 0 bridgehead atoms. The summed E-state index contributed by atoms with van der Waals surface area (Å²) in [6.07, 6.45) is 7.45. The number of nitrogens with zero attached hydrogens (tertiary/aromatic N) is 3. The van der Waals surface area contributed by atoms with E-state index >= 15 is 0 Å². The van der Waals surface area contributed by atoms with Gasteiger partial charge in [-0.05, 0) is 30.9 Å². The highest BCUT2D eigenvalue weighted by Crippen LogP contribution is 2.26. The molecule has 7 nitrogen and oxygen atoms in total. The van der Waals surface area contributed by atoms with Crippen LogP contribution < -0.4 is 10.6 Å². The highest BCUT2D eigenvalue weighted by molar-refractivity contribution is 7.99. The zero-order valence-electron chi connectivity index (χ0n) is 19.2. The zero-order valence-corrected chi connectivity index (χ0v) is 20.8. The summed E-state index contributed by atoms with van der Waals surface area (Å²) < 4.78 is 1.91. The molecule has 2 amide bonds. The molecule has 1 fully saturated rings. The lowest BCUT2D eigenvalue weighted by Crippen LogP contribution is -2.37. The number of benzene rings is 1. The first kappa shape index (κ1) is 25.3. The Labute approximate surface area is 204 Å². The number of hydrogen-bond acceptors (Lipinski definition) is 5. The number of thioether (sulfide) groups is 1. The lowest BCUT2D eigenvalue weighted by Gasteiger charge is -2.23. The van der Waals surface area contributed by atoms with E-state index in [0.717, 1.165) is 12.8 Å². The van der Waals surface area contributed by atoms with Crippen molar-refractivity contribution in [3.8, 4) is 0 Å². The van der Waals surface area contributed by atoms with Crippen molar-refractivity contribution in [3.63, 3.8) is 0 Å². The zero-order chi connectivity index (χ0) is 23.8. The fourth-order valence-corrected chi connectivity index (χ4v) is 4.97. The number of amides is 2. The normalized spacial score (nSPS) is 15.3. The molecule has 33 heavy (non-hydrogen) atoms. The molecule has 0 radical (unpaired) electrons. The molecule has 0 saturated heterocycles. The van der Waals surface area contributed by atoms with Gasteiger partial charge in [0.1, 0.15) is 0 Å². The van der Waals surface area contributed by atoms with Crippen LogP contribution in [0.1, 0.15) is 68.2 Å². The van der Waals surface area contributed by atoms with Crippen LogP contribution in [0.2, 0.25) is 5.02 Å². The van der Waals surface area contributed by atoms with E-state index in [-0.39, 0.29) is 35.6 Å². The molecule has 9 heteroatoms. The van der Waals surface area contributed by atoms with Gasteiger partial charge >= 0.3 is 0 Å². The first-order chi connectivity index (χ1) is 15.9. The standard InChI is InChI=1S/C24H32ClN5O2S/c1-4-14-30-22(21(16(2)3)27-23(32)18-12-8-9-13-19(18)25)28-29-24(30)33-15-20(31)26-17-10-6-5-7-11-17/h4,8-9,12-13,16-17,21H,1,5-7,10-11,14-15H2,2-3H3,(H,26,31)(H,27,32)/t21-/m0/s1. The second-order valence-corrected chi connectivity index (χ2v) is 9.96. The molecule has 1 atom stereocenters. The van der Waals surface area contributed by atoms with E-state index in [9.17, 15) is 9.59 Å². The predicted molar refractivity (Wildman–Crippen MR) is 132 cm³/mol. The Hall–Kier alpha value is -2.32. The van der Waals surface area contributed by atoms with Crippen LogP contribution in [0.4, 0.5) is 0 Å². The smallest absolute Gasteiger partial charge is 0.253 e. The average Bonchev–Trinajstić information content (AvgIpc) is 3.19. The van der Waals surface area contributed by atoms with E-state index in [1.165, 1.54) is 31.0 Å². The Bertz CT molecular complexity index is 972. The fraction of sp³-hybridized carbons (Fsp3) is 0.500. The molecule has 1 aliphatic rings. The summed E-state index contributed by atoms with van der Waals surface area (Å²) in [5, 5.41) is 15.9. The van der Waals surface area contributed by atoms with Crippen molar-refractivity contribution >= 4 is 35.2 Å². The van der Waals surface area contributed by atoms with Gasteiger partial charge < -0.3 is 15.2 Å². The minimum absolute atomic E-state index is 0.00837.